The Bertz CT molecular complexity index is 411. The Morgan fingerprint density at radius 1 is 1.21 bits per heavy atom. The van der Waals surface area contributed by atoms with Crippen molar-refractivity contribution in [2.45, 2.75) is 39.7 Å². The molecule has 0 saturated carbocycles. The van der Waals surface area contributed by atoms with Crippen LogP contribution in [0.5, 0.6) is 0 Å². The van der Waals surface area contributed by atoms with Crippen molar-refractivity contribution in [1.29, 1.82) is 0 Å². The monoisotopic (exact) mass is 264 g/mol. The van der Waals surface area contributed by atoms with Crippen molar-refractivity contribution in [3.8, 4) is 0 Å². The summed E-state index contributed by atoms with van der Waals surface area (Å²) in [6.45, 7) is 9.37. The number of hydrogen-bond acceptors (Lipinski definition) is 2. The molecule has 2 rings (SSSR count). The van der Waals surface area contributed by atoms with Gasteiger partial charge in [-0.15, -0.1) is 0 Å². The van der Waals surface area contributed by atoms with Gasteiger partial charge >= 0.3 is 0 Å². The summed E-state index contributed by atoms with van der Waals surface area (Å²) in [5.74, 6) is 0.522. The first kappa shape index (κ1) is 14.3. The van der Waals surface area contributed by atoms with Gasteiger partial charge in [0.2, 0.25) is 0 Å². The molecule has 1 N–H and O–H groups in total. The lowest BCUT2D eigenvalue weighted by Crippen LogP contribution is -2.24. The van der Waals surface area contributed by atoms with Crippen molar-refractivity contribution in [2.24, 2.45) is 5.92 Å². The maximum Gasteiger partial charge on any atom is 0.146 e. The molecule has 0 amide bonds. The number of anilines is 1. The van der Waals surface area contributed by atoms with E-state index in [4.69, 9.17) is 0 Å². The Hall–Kier alpha value is -1.09. The summed E-state index contributed by atoms with van der Waals surface area (Å²) in [4.78, 5) is 2.14. The SMILES string of the molecule is CC(C)CN[C@@H](C)c1ccc(N2CCCC2)c(F)c1. The minimum Gasteiger partial charge on any atom is -0.369 e. The largest absolute Gasteiger partial charge is 0.369 e. The van der Waals surface area contributed by atoms with Crippen LogP contribution in [0.4, 0.5) is 10.1 Å². The van der Waals surface area contributed by atoms with Gasteiger partial charge < -0.3 is 10.2 Å². The Balaban J connectivity index is 2.05. The fourth-order valence-corrected chi connectivity index (χ4v) is 2.54. The fourth-order valence-electron chi connectivity index (χ4n) is 2.54. The summed E-state index contributed by atoms with van der Waals surface area (Å²) < 4.78 is 14.2. The van der Waals surface area contributed by atoms with E-state index in [1.54, 1.807) is 6.07 Å². The Labute approximate surface area is 116 Å². The van der Waals surface area contributed by atoms with Crippen LogP contribution in [-0.4, -0.2) is 19.6 Å². The second kappa shape index (κ2) is 6.38. The number of halogens is 1. The summed E-state index contributed by atoms with van der Waals surface area (Å²) in [6.07, 6.45) is 2.35. The van der Waals surface area contributed by atoms with Crippen molar-refractivity contribution < 1.29 is 4.39 Å². The third-order valence-electron chi connectivity index (χ3n) is 3.75. The van der Waals surface area contributed by atoms with Gasteiger partial charge in [0.1, 0.15) is 5.82 Å². The van der Waals surface area contributed by atoms with Gasteiger partial charge in [0.15, 0.2) is 0 Å². The highest BCUT2D eigenvalue weighted by atomic mass is 19.1. The normalized spacial score (nSPS) is 17.2. The topological polar surface area (TPSA) is 15.3 Å². The van der Waals surface area contributed by atoms with Crippen molar-refractivity contribution in [3.05, 3.63) is 29.6 Å². The van der Waals surface area contributed by atoms with Gasteiger partial charge in [-0.25, -0.2) is 4.39 Å². The van der Waals surface area contributed by atoms with Crippen molar-refractivity contribution in [2.75, 3.05) is 24.5 Å². The lowest BCUT2D eigenvalue weighted by atomic mass is 10.1. The van der Waals surface area contributed by atoms with Crippen LogP contribution in [0.15, 0.2) is 18.2 Å². The molecule has 0 aliphatic carbocycles. The maximum absolute atomic E-state index is 14.2. The summed E-state index contributed by atoms with van der Waals surface area (Å²) in [5, 5.41) is 3.43. The molecule has 106 valence electrons. The molecule has 1 aromatic rings. The van der Waals surface area contributed by atoms with E-state index in [2.05, 4.69) is 37.1 Å². The summed E-state index contributed by atoms with van der Waals surface area (Å²) in [6, 6.07) is 5.87. The molecule has 0 bridgehead atoms. The van der Waals surface area contributed by atoms with E-state index in [1.165, 1.54) is 12.8 Å². The smallest absolute Gasteiger partial charge is 0.146 e. The number of hydrogen-bond donors (Lipinski definition) is 1. The molecular weight excluding hydrogens is 239 g/mol. The molecule has 0 unspecified atom stereocenters. The van der Waals surface area contributed by atoms with E-state index in [0.29, 0.717) is 5.92 Å². The van der Waals surface area contributed by atoms with Gasteiger partial charge in [-0.3, -0.25) is 0 Å². The predicted octanol–water partition coefficient (Wildman–Crippen LogP) is 3.73. The van der Waals surface area contributed by atoms with Crippen molar-refractivity contribution in [1.82, 2.24) is 5.32 Å². The summed E-state index contributed by atoms with van der Waals surface area (Å²) >= 11 is 0. The Kier molecular flexibility index (Phi) is 4.81. The van der Waals surface area contributed by atoms with E-state index < -0.39 is 0 Å². The van der Waals surface area contributed by atoms with Crippen LogP contribution < -0.4 is 10.2 Å². The molecule has 0 aromatic heterocycles. The number of nitrogens with zero attached hydrogens (tertiary/aromatic N) is 1. The zero-order valence-corrected chi connectivity index (χ0v) is 12.2. The number of benzene rings is 1. The molecule has 1 saturated heterocycles. The number of nitrogens with one attached hydrogen (secondary N) is 1. The second-order valence-electron chi connectivity index (χ2n) is 5.93. The van der Waals surface area contributed by atoms with Crippen LogP contribution in [-0.2, 0) is 0 Å². The molecular formula is C16H25FN2. The van der Waals surface area contributed by atoms with E-state index in [1.807, 2.05) is 6.07 Å². The summed E-state index contributed by atoms with van der Waals surface area (Å²) in [5.41, 5.74) is 1.79. The molecule has 2 nitrogen and oxygen atoms in total. The highest BCUT2D eigenvalue weighted by Gasteiger charge is 2.17. The van der Waals surface area contributed by atoms with Crippen LogP contribution in [0.1, 0.15) is 45.2 Å². The van der Waals surface area contributed by atoms with Gasteiger partial charge in [-0.2, -0.15) is 0 Å². The van der Waals surface area contributed by atoms with Crippen molar-refractivity contribution >= 4 is 5.69 Å². The molecule has 3 heteroatoms. The van der Waals surface area contributed by atoms with Crippen LogP contribution in [0, 0.1) is 11.7 Å². The number of rotatable bonds is 5. The third-order valence-corrected chi connectivity index (χ3v) is 3.75. The third kappa shape index (κ3) is 3.69. The molecule has 1 atom stereocenters. The van der Waals surface area contributed by atoms with E-state index in [9.17, 15) is 4.39 Å². The highest BCUT2D eigenvalue weighted by Crippen LogP contribution is 2.26. The van der Waals surface area contributed by atoms with Gasteiger partial charge in [0, 0.05) is 19.1 Å². The molecule has 0 radical (unpaired) electrons. The van der Waals surface area contributed by atoms with E-state index in [0.717, 1.165) is 30.9 Å². The van der Waals surface area contributed by atoms with Crippen LogP contribution in [0.3, 0.4) is 0 Å². The van der Waals surface area contributed by atoms with Gasteiger partial charge in [0.25, 0.3) is 0 Å². The average Bonchev–Trinajstić information content (AvgIpc) is 2.89. The minimum absolute atomic E-state index is 0.0856. The predicted molar refractivity (Wildman–Crippen MR) is 79.1 cm³/mol. The zero-order chi connectivity index (χ0) is 13.8. The lowest BCUT2D eigenvalue weighted by Gasteiger charge is -2.21. The van der Waals surface area contributed by atoms with Crippen LogP contribution >= 0.6 is 0 Å². The minimum atomic E-state index is -0.0856. The average molecular weight is 264 g/mol. The molecule has 1 aromatic carbocycles. The highest BCUT2D eigenvalue weighted by molar-refractivity contribution is 5.50. The first-order valence-corrected chi connectivity index (χ1v) is 7.35. The van der Waals surface area contributed by atoms with E-state index >= 15 is 0 Å². The molecule has 19 heavy (non-hydrogen) atoms. The molecule has 1 aliphatic rings. The Morgan fingerprint density at radius 3 is 2.47 bits per heavy atom. The van der Waals surface area contributed by atoms with Crippen LogP contribution in [0.25, 0.3) is 0 Å². The van der Waals surface area contributed by atoms with Gasteiger partial charge in [-0.1, -0.05) is 19.9 Å². The Morgan fingerprint density at radius 2 is 1.89 bits per heavy atom. The van der Waals surface area contributed by atoms with Gasteiger partial charge in [0.05, 0.1) is 5.69 Å². The van der Waals surface area contributed by atoms with Crippen LogP contribution in [0.2, 0.25) is 0 Å². The van der Waals surface area contributed by atoms with Gasteiger partial charge in [-0.05, 0) is 49.9 Å². The summed E-state index contributed by atoms with van der Waals surface area (Å²) in [7, 11) is 0. The molecule has 0 spiro atoms. The molecule has 1 fully saturated rings. The molecule has 1 aliphatic heterocycles. The second-order valence-corrected chi connectivity index (χ2v) is 5.93. The fraction of sp³-hybridized carbons (Fsp3) is 0.625. The first-order valence-electron chi connectivity index (χ1n) is 7.35. The first-order chi connectivity index (χ1) is 9.08. The zero-order valence-electron chi connectivity index (χ0n) is 12.2. The molecule has 1 heterocycles. The standard InChI is InChI=1S/C16H25FN2/c1-12(2)11-18-13(3)14-6-7-16(15(17)10-14)19-8-4-5-9-19/h6-7,10,12-13,18H,4-5,8-9,11H2,1-3H3/t13-/m0/s1. The lowest BCUT2D eigenvalue weighted by molar-refractivity contribution is 0.494. The quantitative estimate of drug-likeness (QED) is 0.871. The van der Waals surface area contributed by atoms with E-state index in [-0.39, 0.29) is 11.9 Å². The maximum atomic E-state index is 14.2. The van der Waals surface area contributed by atoms with Crippen molar-refractivity contribution in [3.63, 3.8) is 0 Å².